The molecule has 0 saturated carbocycles. The van der Waals surface area contributed by atoms with E-state index >= 15 is 0 Å². The summed E-state index contributed by atoms with van der Waals surface area (Å²) < 4.78 is 18.5. The number of ether oxygens (including phenoxy) is 1. The van der Waals surface area contributed by atoms with E-state index in [1.165, 1.54) is 19.2 Å². The number of nitrogens with one attached hydrogen (secondary N) is 1. The lowest BCUT2D eigenvalue weighted by molar-refractivity contribution is 0.0949. The predicted octanol–water partition coefficient (Wildman–Crippen LogP) is 3.52. The Balaban J connectivity index is 2.37. The van der Waals surface area contributed by atoms with E-state index in [9.17, 15) is 9.18 Å². The lowest BCUT2D eigenvalue weighted by atomic mass is 10.1. The van der Waals surface area contributed by atoms with Crippen molar-refractivity contribution in [3.63, 3.8) is 0 Å². The lowest BCUT2D eigenvalue weighted by Crippen LogP contribution is -2.25. The third-order valence-corrected chi connectivity index (χ3v) is 3.33. The summed E-state index contributed by atoms with van der Waals surface area (Å²) in [6.45, 7) is 0.576. The van der Waals surface area contributed by atoms with E-state index in [0.717, 1.165) is 31.0 Å². The third kappa shape index (κ3) is 5.59. The smallest absolute Gasteiger partial charge is 0.254 e. The van der Waals surface area contributed by atoms with E-state index in [1.54, 1.807) is 6.07 Å². The molecule has 1 aromatic carbocycles. The number of carbonyl (C=O) groups excluding carboxylic acids is 1. The van der Waals surface area contributed by atoms with Crippen molar-refractivity contribution < 1.29 is 13.9 Å². The summed E-state index contributed by atoms with van der Waals surface area (Å²) in [5.74, 6) is -0.527. The fraction of sp³-hybridized carbons (Fsp3) is 0.500. The van der Waals surface area contributed by atoms with Gasteiger partial charge in [0.2, 0.25) is 0 Å². The molecule has 0 saturated heterocycles. The normalized spacial score (nSPS) is 10.3. The van der Waals surface area contributed by atoms with Gasteiger partial charge in [-0.05, 0) is 25.0 Å². The van der Waals surface area contributed by atoms with E-state index in [2.05, 4.69) is 21.2 Å². The summed E-state index contributed by atoms with van der Waals surface area (Å²) in [5.41, 5.74) is 0.0567. The molecule has 0 aromatic heterocycles. The Kier molecular flexibility index (Phi) is 7.48. The molecule has 1 N–H and O–H groups in total. The van der Waals surface area contributed by atoms with Crippen molar-refractivity contribution in [3.8, 4) is 5.75 Å². The van der Waals surface area contributed by atoms with E-state index in [0.29, 0.717) is 12.3 Å². The van der Waals surface area contributed by atoms with E-state index in [1.807, 2.05) is 0 Å². The maximum atomic E-state index is 13.6. The third-order valence-electron chi connectivity index (χ3n) is 2.77. The Labute approximate surface area is 121 Å². The Bertz CT molecular complexity index is 412. The van der Waals surface area contributed by atoms with Crippen LogP contribution in [-0.4, -0.2) is 24.9 Å². The monoisotopic (exact) mass is 331 g/mol. The molecule has 1 amide bonds. The highest BCUT2D eigenvalue weighted by molar-refractivity contribution is 9.09. The molecular weight excluding hydrogens is 313 g/mol. The Hall–Kier alpha value is -1.10. The zero-order valence-electron chi connectivity index (χ0n) is 11.0. The van der Waals surface area contributed by atoms with Gasteiger partial charge in [-0.3, -0.25) is 4.79 Å². The molecule has 3 nitrogen and oxygen atoms in total. The zero-order valence-corrected chi connectivity index (χ0v) is 12.6. The minimum Gasteiger partial charge on any atom is -0.497 e. The molecule has 106 valence electrons. The molecule has 0 unspecified atom stereocenters. The highest BCUT2D eigenvalue weighted by Crippen LogP contribution is 2.16. The van der Waals surface area contributed by atoms with Crippen molar-refractivity contribution in [2.75, 3.05) is 19.0 Å². The average molecular weight is 332 g/mol. The number of unbranched alkanes of at least 4 members (excludes halogenated alkanes) is 3. The molecule has 0 fully saturated rings. The molecule has 0 aliphatic carbocycles. The van der Waals surface area contributed by atoms with Crippen LogP contribution < -0.4 is 10.1 Å². The second kappa shape index (κ2) is 8.91. The number of alkyl halides is 1. The number of benzene rings is 1. The summed E-state index contributed by atoms with van der Waals surface area (Å²) in [5, 5.41) is 3.73. The van der Waals surface area contributed by atoms with Crippen molar-refractivity contribution in [1.82, 2.24) is 5.32 Å². The van der Waals surface area contributed by atoms with Crippen LogP contribution in [-0.2, 0) is 0 Å². The van der Waals surface area contributed by atoms with Crippen molar-refractivity contribution in [3.05, 3.63) is 29.6 Å². The molecular formula is C14H19BrFNO2. The fourth-order valence-electron chi connectivity index (χ4n) is 1.68. The number of amides is 1. The number of rotatable bonds is 8. The van der Waals surface area contributed by atoms with E-state index in [-0.39, 0.29) is 11.5 Å². The van der Waals surface area contributed by atoms with Gasteiger partial charge in [0.05, 0.1) is 12.7 Å². The average Bonchev–Trinajstić information content (AvgIpc) is 2.42. The summed E-state index contributed by atoms with van der Waals surface area (Å²) in [6.07, 6.45) is 4.26. The van der Waals surface area contributed by atoms with Crippen LogP contribution in [0.2, 0.25) is 0 Å². The molecule has 0 aliphatic rings. The minimum absolute atomic E-state index is 0.0567. The van der Waals surface area contributed by atoms with Gasteiger partial charge in [-0.1, -0.05) is 28.8 Å². The van der Waals surface area contributed by atoms with Crippen molar-refractivity contribution in [2.45, 2.75) is 25.7 Å². The molecule has 0 heterocycles. The van der Waals surface area contributed by atoms with Gasteiger partial charge in [0.25, 0.3) is 5.91 Å². The first-order valence-corrected chi connectivity index (χ1v) is 7.49. The first-order valence-electron chi connectivity index (χ1n) is 6.36. The van der Waals surface area contributed by atoms with Crippen LogP contribution in [0.5, 0.6) is 5.75 Å². The van der Waals surface area contributed by atoms with Crippen molar-refractivity contribution in [2.24, 2.45) is 0 Å². The molecule has 0 radical (unpaired) electrons. The summed E-state index contributed by atoms with van der Waals surface area (Å²) in [4.78, 5) is 11.8. The molecule has 0 atom stereocenters. The first-order chi connectivity index (χ1) is 9.19. The zero-order chi connectivity index (χ0) is 14.1. The quantitative estimate of drug-likeness (QED) is 0.584. The molecule has 19 heavy (non-hydrogen) atoms. The maximum absolute atomic E-state index is 13.6. The van der Waals surface area contributed by atoms with Crippen molar-refractivity contribution >= 4 is 21.8 Å². The minimum atomic E-state index is -0.559. The number of hydrogen-bond acceptors (Lipinski definition) is 2. The van der Waals surface area contributed by atoms with Crippen LogP contribution in [0.15, 0.2) is 18.2 Å². The molecule has 5 heteroatoms. The van der Waals surface area contributed by atoms with Crippen LogP contribution in [0.4, 0.5) is 4.39 Å². The summed E-state index contributed by atoms with van der Waals surface area (Å²) in [7, 11) is 1.46. The maximum Gasteiger partial charge on any atom is 0.254 e. The lowest BCUT2D eigenvalue weighted by Gasteiger charge is -2.07. The molecule has 0 spiro atoms. The number of hydrogen-bond donors (Lipinski definition) is 1. The van der Waals surface area contributed by atoms with Crippen LogP contribution >= 0.6 is 15.9 Å². The van der Waals surface area contributed by atoms with Crippen LogP contribution in [0.25, 0.3) is 0 Å². The second-order valence-corrected chi connectivity index (χ2v) is 5.00. The van der Waals surface area contributed by atoms with Gasteiger partial charge in [0.1, 0.15) is 11.6 Å². The van der Waals surface area contributed by atoms with Gasteiger partial charge in [-0.15, -0.1) is 0 Å². The van der Waals surface area contributed by atoms with Gasteiger partial charge in [0, 0.05) is 17.9 Å². The SMILES string of the molecule is COc1ccc(C(=O)NCCCCCCBr)c(F)c1. The summed E-state index contributed by atoms with van der Waals surface area (Å²) in [6, 6.07) is 4.23. The second-order valence-electron chi connectivity index (χ2n) is 4.20. The Morgan fingerprint density at radius 2 is 2.05 bits per heavy atom. The van der Waals surface area contributed by atoms with Crippen LogP contribution in [0.1, 0.15) is 36.0 Å². The van der Waals surface area contributed by atoms with Gasteiger partial charge in [0.15, 0.2) is 0 Å². The Morgan fingerprint density at radius 3 is 2.68 bits per heavy atom. The van der Waals surface area contributed by atoms with Gasteiger partial charge in [-0.25, -0.2) is 4.39 Å². The molecule has 1 rings (SSSR count). The topological polar surface area (TPSA) is 38.3 Å². The highest BCUT2D eigenvalue weighted by atomic mass is 79.9. The van der Waals surface area contributed by atoms with Gasteiger partial charge < -0.3 is 10.1 Å². The highest BCUT2D eigenvalue weighted by Gasteiger charge is 2.11. The number of carbonyl (C=O) groups is 1. The number of halogens is 2. The fourth-order valence-corrected chi connectivity index (χ4v) is 2.07. The molecule has 1 aromatic rings. The van der Waals surface area contributed by atoms with Gasteiger partial charge in [-0.2, -0.15) is 0 Å². The predicted molar refractivity (Wildman–Crippen MR) is 77.5 cm³/mol. The Morgan fingerprint density at radius 1 is 1.32 bits per heavy atom. The van der Waals surface area contributed by atoms with Crippen LogP contribution in [0, 0.1) is 5.82 Å². The number of methoxy groups -OCH3 is 1. The van der Waals surface area contributed by atoms with E-state index < -0.39 is 5.82 Å². The largest absolute Gasteiger partial charge is 0.497 e. The summed E-state index contributed by atoms with van der Waals surface area (Å²) >= 11 is 3.37. The van der Waals surface area contributed by atoms with E-state index in [4.69, 9.17) is 4.74 Å². The first kappa shape index (κ1) is 16.0. The standard InChI is InChI=1S/C14H19BrFNO2/c1-19-11-6-7-12(13(16)10-11)14(18)17-9-5-3-2-4-8-15/h6-7,10H,2-5,8-9H2,1H3,(H,17,18). The molecule has 0 aliphatic heterocycles. The van der Waals surface area contributed by atoms with Crippen LogP contribution in [0.3, 0.4) is 0 Å². The van der Waals surface area contributed by atoms with Gasteiger partial charge >= 0.3 is 0 Å². The van der Waals surface area contributed by atoms with Crippen molar-refractivity contribution in [1.29, 1.82) is 0 Å². The molecule has 0 bridgehead atoms.